The van der Waals surface area contributed by atoms with E-state index in [0.717, 1.165) is 0 Å². The highest BCUT2D eigenvalue weighted by Gasteiger charge is 2.25. The third-order valence-electron chi connectivity index (χ3n) is 4.46. The minimum absolute atomic E-state index is 0.0385. The Bertz CT molecular complexity index is 891. The second kappa shape index (κ2) is 7.98. The highest BCUT2D eigenvalue weighted by Crippen LogP contribution is 2.23. The monoisotopic (exact) mass is 404 g/mol. The van der Waals surface area contributed by atoms with E-state index in [4.69, 9.17) is 34.3 Å². The third-order valence-corrected chi connectivity index (χ3v) is 5.20. The molecule has 0 saturated carbocycles. The lowest BCUT2D eigenvalue weighted by Gasteiger charge is -2.35. The first kappa shape index (κ1) is 19.2. The fraction of sp³-hybridized carbons (Fsp3) is 0.211. The van der Waals surface area contributed by atoms with E-state index in [0.29, 0.717) is 52.9 Å². The fourth-order valence-corrected chi connectivity index (χ4v) is 3.20. The van der Waals surface area contributed by atoms with E-state index in [-0.39, 0.29) is 17.6 Å². The highest BCUT2D eigenvalue weighted by molar-refractivity contribution is 6.42. The van der Waals surface area contributed by atoms with Crippen molar-refractivity contribution in [3.63, 3.8) is 0 Å². The molecule has 27 heavy (non-hydrogen) atoms. The maximum atomic E-state index is 12.6. The first-order chi connectivity index (χ1) is 12.9. The van der Waals surface area contributed by atoms with Crippen molar-refractivity contribution in [2.45, 2.75) is 0 Å². The molecule has 2 aromatic carbocycles. The molecule has 1 fully saturated rings. The maximum absolute atomic E-state index is 12.6. The summed E-state index contributed by atoms with van der Waals surface area (Å²) in [7, 11) is 0. The predicted molar refractivity (Wildman–Crippen MR) is 106 cm³/mol. The van der Waals surface area contributed by atoms with Crippen LogP contribution < -0.4 is 5.73 Å². The van der Waals surface area contributed by atoms with Gasteiger partial charge < -0.3 is 15.5 Å². The lowest BCUT2D eigenvalue weighted by molar-refractivity contribution is 0.0535. The second-order valence-electron chi connectivity index (χ2n) is 6.20. The molecule has 1 aliphatic heterocycles. The number of nitrogen functional groups attached to an aromatic ring is 1. The van der Waals surface area contributed by atoms with Crippen LogP contribution in [0.25, 0.3) is 0 Å². The highest BCUT2D eigenvalue weighted by atomic mass is 35.5. The first-order valence-electron chi connectivity index (χ1n) is 8.35. The smallest absolute Gasteiger partial charge is 0.254 e. The predicted octanol–water partition coefficient (Wildman–Crippen LogP) is 2.88. The molecule has 2 amide bonds. The molecule has 8 heteroatoms. The Balaban J connectivity index is 1.62. The Morgan fingerprint density at radius 1 is 0.778 bits per heavy atom. The minimum Gasteiger partial charge on any atom is -0.384 e. The zero-order valence-corrected chi connectivity index (χ0v) is 15.9. The van der Waals surface area contributed by atoms with Gasteiger partial charge in [0.1, 0.15) is 5.84 Å². The van der Waals surface area contributed by atoms with Gasteiger partial charge in [-0.25, -0.2) is 0 Å². The van der Waals surface area contributed by atoms with Crippen molar-refractivity contribution in [3.8, 4) is 0 Å². The van der Waals surface area contributed by atoms with E-state index in [1.54, 1.807) is 52.3 Å². The van der Waals surface area contributed by atoms with E-state index in [1.807, 2.05) is 0 Å². The topological polar surface area (TPSA) is 90.5 Å². The van der Waals surface area contributed by atoms with Gasteiger partial charge in [-0.3, -0.25) is 15.0 Å². The number of piperazine rings is 1. The molecule has 1 heterocycles. The number of benzene rings is 2. The summed E-state index contributed by atoms with van der Waals surface area (Å²) in [4.78, 5) is 28.6. The number of rotatable bonds is 3. The fourth-order valence-electron chi connectivity index (χ4n) is 2.90. The van der Waals surface area contributed by atoms with Crippen molar-refractivity contribution in [1.82, 2.24) is 9.80 Å². The minimum atomic E-state index is -0.133. The SMILES string of the molecule is N=C(N)c1ccc(C(=O)N2CCN(C(=O)c3ccc(Cl)c(Cl)c3)CC2)cc1. The van der Waals surface area contributed by atoms with E-state index >= 15 is 0 Å². The van der Waals surface area contributed by atoms with Crippen LogP contribution in [0.5, 0.6) is 0 Å². The van der Waals surface area contributed by atoms with Crippen LogP contribution in [0.1, 0.15) is 26.3 Å². The third kappa shape index (κ3) is 4.23. The van der Waals surface area contributed by atoms with Gasteiger partial charge in [-0.15, -0.1) is 0 Å². The molecular weight excluding hydrogens is 387 g/mol. The molecule has 1 saturated heterocycles. The Morgan fingerprint density at radius 3 is 1.70 bits per heavy atom. The van der Waals surface area contributed by atoms with E-state index in [2.05, 4.69) is 0 Å². The molecular formula is C19H18Cl2N4O2. The number of hydrogen-bond acceptors (Lipinski definition) is 3. The molecule has 0 aromatic heterocycles. The summed E-state index contributed by atoms with van der Waals surface area (Å²) in [6.45, 7) is 1.77. The van der Waals surface area contributed by atoms with Crippen molar-refractivity contribution < 1.29 is 9.59 Å². The van der Waals surface area contributed by atoms with E-state index in [1.165, 1.54) is 0 Å². The largest absolute Gasteiger partial charge is 0.384 e. The lowest BCUT2D eigenvalue weighted by Crippen LogP contribution is -2.50. The summed E-state index contributed by atoms with van der Waals surface area (Å²) in [5.41, 5.74) is 7.01. The van der Waals surface area contributed by atoms with Gasteiger partial charge in [0.2, 0.25) is 0 Å². The van der Waals surface area contributed by atoms with Gasteiger partial charge in [0.15, 0.2) is 0 Å². The Morgan fingerprint density at radius 2 is 1.22 bits per heavy atom. The molecule has 1 aliphatic rings. The van der Waals surface area contributed by atoms with Crippen molar-refractivity contribution in [2.24, 2.45) is 5.73 Å². The first-order valence-corrected chi connectivity index (χ1v) is 9.10. The number of nitrogens with zero attached hydrogens (tertiary/aromatic N) is 2. The molecule has 6 nitrogen and oxygen atoms in total. The van der Waals surface area contributed by atoms with Crippen LogP contribution in [0.4, 0.5) is 0 Å². The van der Waals surface area contributed by atoms with Crippen molar-refractivity contribution in [3.05, 3.63) is 69.2 Å². The number of carbonyl (C=O) groups is 2. The van der Waals surface area contributed by atoms with Crippen LogP contribution in [0.15, 0.2) is 42.5 Å². The standard InChI is InChI=1S/C19H18Cl2N4O2/c20-15-6-5-14(11-16(15)21)19(27)25-9-7-24(8-10-25)18(26)13-3-1-12(2-4-13)17(22)23/h1-6,11H,7-10H2,(H3,22,23). The summed E-state index contributed by atoms with van der Waals surface area (Å²) >= 11 is 11.9. The summed E-state index contributed by atoms with van der Waals surface area (Å²) in [6.07, 6.45) is 0. The van der Waals surface area contributed by atoms with Crippen molar-refractivity contribution in [2.75, 3.05) is 26.2 Å². The van der Waals surface area contributed by atoms with Gasteiger partial charge >= 0.3 is 0 Å². The lowest BCUT2D eigenvalue weighted by atomic mass is 10.1. The number of nitrogens with one attached hydrogen (secondary N) is 1. The molecule has 0 aliphatic carbocycles. The van der Waals surface area contributed by atoms with Crippen molar-refractivity contribution >= 4 is 40.9 Å². The molecule has 0 radical (unpaired) electrons. The number of amidine groups is 1. The maximum Gasteiger partial charge on any atom is 0.254 e. The van der Waals surface area contributed by atoms with Crippen LogP contribution in [0, 0.1) is 5.41 Å². The normalized spacial score (nSPS) is 14.1. The average Bonchev–Trinajstić information content (AvgIpc) is 2.69. The van der Waals surface area contributed by atoms with Crippen molar-refractivity contribution in [1.29, 1.82) is 5.41 Å². The average molecular weight is 405 g/mol. The Kier molecular flexibility index (Phi) is 5.68. The molecule has 0 atom stereocenters. The van der Waals surface area contributed by atoms with Crippen LogP contribution in [-0.2, 0) is 0 Å². The summed E-state index contributed by atoms with van der Waals surface area (Å²) in [5, 5.41) is 8.14. The summed E-state index contributed by atoms with van der Waals surface area (Å²) < 4.78 is 0. The number of carbonyl (C=O) groups excluding carboxylic acids is 2. The molecule has 0 unspecified atom stereocenters. The Labute approximate surface area is 167 Å². The summed E-state index contributed by atoms with van der Waals surface area (Å²) in [5.74, 6) is -0.276. The number of halogens is 2. The van der Waals surface area contributed by atoms with Crippen LogP contribution in [0.3, 0.4) is 0 Å². The van der Waals surface area contributed by atoms with Gasteiger partial charge in [-0.2, -0.15) is 0 Å². The molecule has 0 bridgehead atoms. The van der Waals surface area contributed by atoms with E-state index < -0.39 is 0 Å². The van der Waals surface area contributed by atoms with Gasteiger partial charge in [0.25, 0.3) is 11.8 Å². The van der Waals surface area contributed by atoms with Gasteiger partial charge in [0.05, 0.1) is 10.0 Å². The molecule has 2 aromatic rings. The van der Waals surface area contributed by atoms with Crippen LogP contribution in [0.2, 0.25) is 10.0 Å². The molecule has 3 N–H and O–H groups in total. The number of nitrogens with two attached hydrogens (primary N) is 1. The van der Waals surface area contributed by atoms with Gasteiger partial charge in [-0.1, -0.05) is 35.3 Å². The number of hydrogen-bond donors (Lipinski definition) is 2. The van der Waals surface area contributed by atoms with E-state index in [9.17, 15) is 9.59 Å². The zero-order valence-electron chi connectivity index (χ0n) is 14.4. The quantitative estimate of drug-likeness (QED) is 0.608. The van der Waals surface area contributed by atoms with Crippen LogP contribution in [-0.4, -0.2) is 53.6 Å². The zero-order chi connectivity index (χ0) is 19.6. The van der Waals surface area contributed by atoms with Gasteiger partial charge in [-0.05, 0) is 30.3 Å². The molecule has 140 valence electrons. The molecule has 0 spiro atoms. The molecule has 3 rings (SSSR count). The summed E-state index contributed by atoms with van der Waals surface area (Å²) in [6, 6.07) is 11.4. The van der Waals surface area contributed by atoms with Crippen LogP contribution >= 0.6 is 23.2 Å². The Hall–Kier alpha value is -2.57. The second-order valence-corrected chi connectivity index (χ2v) is 7.02. The van der Waals surface area contributed by atoms with Gasteiger partial charge in [0, 0.05) is 42.9 Å². The number of amides is 2.